The van der Waals surface area contributed by atoms with E-state index in [2.05, 4.69) is 0 Å². The lowest BCUT2D eigenvalue weighted by atomic mass is 9.81. The van der Waals surface area contributed by atoms with Crippen LogP contribution in [-0.4, -0.2) is 5.92 Å². The van der Waals surface area contributed by atoms with Gasteiger partial charge in [-0.15, -0.1) is 0 Å². The predicted molar refractivity (Wildman–Crippen MR) is 70.0 cm³/mol. The van der Waals surface area contributed by atoms with Gasteiger partial charge >= 0.3 is 0 Å². The Labute approximate surface area is 114 Å². The predicted octanol–water partition coefficient (Wildman–Crippen LogP) is 4.40. The van der Waals surface area contributed by atoms with Crippen LogP contribution in [0.2, 0.25) is 0 Å². The molecule has 1 unspecified atom stereocenters. The van der Waals surface area contributed by atoms with E-state index in [1.165, 1.54) is 12.1 Å². The van der Waals surface area contributed by atoms with E-state index in [1.807, 2.05) is 0 Å². The first-order valence-corrected chi connectivity index (χ1v) is 6.77. The third kappa shape index (κ3) is 2.54. The smallest absolute Gasteiger partial charge is 0.248 e. The average Bonchev–Trinajstić information content (AvgIpc) is 2.80. The molecular formula is C15H16F3NO. The molecule has 5 heteroatoms. The lowest BCUT2D eigenvalue weighted by Gasteiger charge is -2.31. The molecule has 2 nitrogen and oxygen atoms in total. The molecule has 1 aliphatic carbocycles. The van der Waals surface area contributed by atoms with E-state index in [1.54, 1.807) is 12.1 Å². The molecule has 0 radical (unpaired) electrons. The Morgan fingerprint density at radius 2 is 1.90 bits per heavy atom. The average molecular weight is 283 g/mol. The number of hydrogen-bond acceptors (Lipinski definition) is 2. The van der Waals surface area contributed by atoms with Crippen LogP contribution < -0.4 is 5.73 Å². The summed E-state index contributed by atoms with van der Waals surface area (Å²) in [5, 5.41) is 0.650. The van der Waals surface area contributed by atoms with Gasteiger partial charge < -0.3 is 10.2 Å². The largest absolute Gasteiger partial charge is 0.459 e. The monoisotopic (exact) mass is 283 g/mol. The summed E-state index contributed by atoms with van der Waals surface area (Å²) < 4.78 is 45.0. The first-order chi connectivity index (χ1) is 9.44. The zero-order valence-corrected chi connectivity index (χ0v) is 10.9. The summed E-state index contributed by atoms with van der Waals surface area (Å²) in [7, 11) is 0. The fourth-order valence-corrected chi connectivity index (χ4v) is 2.85. The number of hydrogen-bond donors (Lipinski definition) is 1. The van der Waals surface area contributed by atoms with E-state index in [9.17, 15) is 13.2 Å². The van der Waals surface area contributed by atoms with Gasteiger partial charge in [-0.1, -0.05) is 0 Å². The lowest BCUT2D eigenvalue weighted by Crippen LogP contribution is -2.30. The molecule has 1 aromatic heterocycles. The molecule has 20 heavy (non-hydrogen) atoms. The van der Waals surface area contributed by atoms with Gasteiger partial charge in [0.15, 0.2) is 0 Å². The summed E-state index contributed by atoms with van der Waals surface area (Å²) in [6.07, 6.45) is 0.527. The van der Waals surface area contributed by atoms with Crippen molar-refractivity contribution in [1.82, 2.24) is 0 Å². The van der Waals surface area contributed by atoms with Gasteiger partial charge in [0, 0.05) is 18.2 Å². The molecule has 1 saturated carbocycles. The molecule has 1 fully saturated rings. The molecule has 2 N–H and O–H groups in total. The number of rotatable bonds is 2. The molecule has 0 spiro atoms. The van der Waals surface area contributed by atoms with E-state index < -0.39 is 12.0 Å². The number of benzene rings is 1. The third-order valence-electron chi connectivity index (χ3n) is 4.10. The Morgan fingerprint density at radius 3 is 2.60 bits per heavy atom. The second-order valence-corrected chi connectivity index (χ2v) is 5.55. The van der Waals surface area contributed by atoms with Gasteiger partial charge in [0.05, 0.1) is 6.04 Å². The van der Waals surface area contributed by atoms with Gasteiger partial charge in [-0.05, 0) is 43.0 Å². The highest BCUT2D eigenvalue weighted by Gasteiger charge is 2.37. The minimum absolute atomic E-state index is 0.0139. The Hall–Kier alpha value is -1.49. The molecule has 1 heterocycles. The van der Waals surface area contributed by atoms with Crippen molar-refractivity contribution in [2.24, 2.45) is 11.7 Å². The summed E-state index contributed by atoms with van der Waals surface area (Å²) in [6.45, 7) is 0. The van der Waals surface area contributed by atoms with Crippen molar-refractivity contribution in [3.05, 3.63) is 35.8 Å². The van der Waals surface area contributed by atoms with Crippen LogP contribution in [0.25, 0.3) is 11.0 Å². The fraction of sp³-hybridized carbons (Fsp3) is 0.467. The first-order valence-electron chi connectivity index (χ1n) is 6.77. The van der Waals surface area contributed by atoms with Crippen LogP contribution in [0.15, 0.2) is 28.7 Å². The van der Waals surface area contributed by atoms with Crippen LogP contribution in [0.4, 0.5) is 13.2 Å². The number of fused-ring (bicyclic) bond motifs is 1. The molecule has 0 bridgehead atoms. The van der Waals surface area contributed by atoms with Gasteiger partial charge in [0.25, 0.3) is 0 Å². The highest BCUT2D eigenvalue weighted by atomic mass is 19.3. The van der Waals surface area contributed by atoms with Crippen molar-refractivity contribution < 1.29 is 17.6 Å². The lowest BCUT2D eigenvalue weighted by molar-refractivity contribution is -0.0489. The van der Waals surface area contributed by atoms with Gasteiger partial charge in [0.1, 0.15) is 17.2 Å². The van der Waals surface area contributed by atoms with Crippen molar-refractivity contribution in [2.45, 2.75) is 37.6 Å². The maximum atomic E-state index is 13.1. The first kappa shape index (κ1) is 13.5. The van der Waals surface area contributed by atoms with Crippen LogP contribution in [0.3, 0.4) is 0 Å². The molecule has 3 rings (SSSR count). The maximum absolute atomic E-state index is 13.1. The second-order valence-electron chi connectivity index (χ2n) is 5.55. The molecule has 0 aliphatic heterocycles. The van der Waals surface area contributed by atoms with Crippen molar-refractivity contribution >= 4 is 11.0 Å². The molecule has 2 aromatic rings. The van der Waals surface area contributed by atoms with E-state index in [0.717, 1.165) is 0 Å². The zero-order chi connectivity index (χ0) is 14.3. The third-order valence-corrected chi connectivity index (χ3v) is 4.10. The number of alkyl halides is 2. The van der Waals surface area contributed by atoms with Crippen LogP contribution in [0.1, 0.15) is 37.5 Å². The Balaban J connectivity index is 1.80. The summed E-state index contributed by atoms with van der Waals surface area (Å²) in [4.78, 5) is 0. The van der Waals surface area contributed by atoms with E-state index in [4.69, 9.17) is 10.2 Å². The Bertz CT molecular complexity index is 613. The van der Waals surface area contributed by atoms with Gasteiger partial charge in [-0.25, -0.2) is 13.2 Å². The molecule has 1 aromatic carbocycles. The molecule has 0 saturated heterocycles. The molecule has 1 aliphatic rings. The number of nitrogens with two attached hydrogens (primary N) is 1. The summed E-state index contributed by atoms with van der Waals surface area (Å²) in [5.41, 5.74) is 6.70. The summed E-state index contributed by atoms with van der Waals surface area (Å²) in [6, 6.07) is 5.54. The highest BCUT2D eigenvalue weighted by Crippen LogP contribution is 2.41. The number of furan rings is 1. The topological polar surface area (TPSA) is 39.2 Å². The summed E-state index contributed by atoms with van der Waals surface area (Å²) >= 11 is 0. The Morgan fingerprint density at radius 1 is 1.20 bits per heavy atom. The van der Waals surface area contributed by atoms with Crippen LogP contribution in [-0.2, 0) is 0 Å². The molecular weight excluding hydrogens is 267 g/mol. The van der Waals surface area contributed by atoms with Gasteiger partial charge in [-0.2, -0.15) is 0 Å². The SMILES string of the molecule is NC(c1cc2cc(F)ccc2o1)C1CCC(F)(F)CC1. The molecule has 1 atom stereocenters. The number of halogens is 3. The van der Waals surface area contributed by atoms with E-state index in [0.29, 0.717) is 29.6 Å². The second kappa shape index (κ2) is 4.81. The Kier molecular flexibility index (Phi) is 3.24. The summed E-state index contributed by atoms with van der Waals surface area (Å²) in [5.74, 6) is -2.37. The van der Waals surface area contributed by atoms with Gasteiger partial charge in [0.2, 0.25) is 5.92 Å². The molecule has 108 valence electrons. The highest BCUT2D eigenvalue weighted by molar-refractivity contribution is 5.78. The normalized spacial score (nSPS) is 21.2. The molecule has 0 amide bonds. The maximum Gasteiger partial charge on any atom is 0.248 e. The van der Waals surface area contributed by atoms with E-state index in [-0.39, 0.29) is 24.6 Å². The standard InChI is InChI=1S/C15H16F3NO/c16-11-1-2-12-10(7-11)8-13(20-12)14(19)9-3-5-15(17,18)6-4-9/h1-2,7-9,14H,3-6,19H2. The van der Waals surface area contributed by atoms with Gasteiger partial charge in [-0.3, -0.25) is 0 Å². The van der Waals surface area contributed by atoms with E-state index >= 15 is 0 Å². The van der Waals surface area contributed by atoms with Crippen molar-refractivity contribution in [2.75, 3.05) is 0 Å². The van der Waals surface area contributed by atoms with Crippen molar-refractivity contribution in [1.29, 1.82) is 0 Å². The van der Waals surface area contributed by atoms with Crippen molar-refractivity contribution in [3.63, 3.8) is 0 Å². The fourth-order valence-electron chi connectivity index (χ4n) is 2.85. The minimum atomic E-state index is -2.56. The van der Waals surface area contributed by atoms with Crippen LogP contribution in [0.5, 0.6) is 0 Å². The van der Waals surface area contributed by atoms with Crippen LogP contribution in [0, 0.1) is 11.7 Å². The quantitative estimate of drug-likeness (QED) is 0.887. The zero-order valence-electron chi connectivity index (χ0n) is 10.9. The van der Waals surface area contributed by atoms with Crippen molar-refractivity contribution in [3.8, 4) is 0 Å². The van der Waals surface area contributed by atoms with Crippen LogP contribution >= 0.6 is 0 Å². The minimum Gasteiger partial charge on any atom is -0.459 e.